The highest BCUT2D eigenvalue weighted by molar-refractivity contribution is 6.33. The van der Waals surface area contributed by atoms with E-state index in [1.807, 2.05) is 0 Å². The fourth-order valence-electron chi connectivity index (χ4n) is 2.97. The highest BCUT2D eigenvalue weighted by Gasteiger charge is 2.41. The van der Waals surface area contributed by atoms with E-state index in [0.717, 1.165) is 6.07 Å². The van der Waals surface area contributed by atoms with E-state index in [1.165, 1.54) is 26.0 Å². The molecular weight excluding hydrogens is 466 g/mol. The fourth-order valence-corrected chi connectivity index (χ4v) is 3.22. The van der Waals surface area contributed by atoms with Crippen LogP contribution in [0.25, 0.3) is 22.6 Å². The minimum Gasteiger partial charge on any atom is -0.390 e. The number of aliphatic hydroxyl groups is 1. The number of benzene rings is 1. The third-order valence-electron chi connectivity index (χ3n) is 4.69. The molecule has 11 heteroatoms. The van der Waals surface area contributed by atoms with E-state index in [4.69, 9.17) is 26.3 Å². The molecule has 1 aliphatic carbocycles. The van der Waals surface area contributed by atoms with Gasteiger partial charge >= 0.3 is 6.18 Å². The molecule has 1 saturated carbocycles. The highest BCUT2D eigenvalue weighted by atomic mass is 35.5. The van der Waals surface area contributed by atoms with Crippen LogP contribution in [0, 0.1) is 5.82 Å². The number of rotatable bonds is 8. The van der Waals surface area contributed by atoms with Crippen LogP contribution in [0.15, 0.2) is 28.9 Å². The summed E-state index contributed by atoms with van der Waals surface area (Å²) >= 11 is 6.13. The Hall–Kier alpha value is -2.43. The lowest BCUT2D eigenvalue weighted by Gasteiger charge is -2.18. The van der Waals surface area contributed by atoms with Crippen molar-refractivity contribution < 1.29 is 37.4 Å². The molecule has 178 valence electrons. The Kier molecular flexibility index (Phi) is 5.01. The van der Waals surface area contributed by atoms with Crippen LogP contribution < -0.4 is 0 Å². The van der Waals surface area contributed by atoms with Gasteiger partial charge in [0.05, 0.1) is 51.7 Å². The first-order valence-corrected chi connectivity index (χ1v) is 10.3. The normalized spacial score (nSPS) is 17.5. The number of hydrogen-bond donors (Lipinski definition) is 1. The summed E-state index contributed by atoms with van der Waals surface area (Å²) in [6, 6.07) is 3.59. The monoisotopic (exact) mass is 491 g/mol. The summed E-state index contributed by atoms with van der Waals surface area (Å²) in [5, 5.41) is 17.1. The fraction of sp³-hybridized carbons (Fsp3) is 0.455. The van der Waals surface area contributed by atoms with Gasteiger partial charge in [0.1, 0.15) is 11.5 Å². The molecule has 0 bridgehead atoms. The minimum absolute atomic E-state index is 0.0552. The van der Waals surface area contributed by atoms with Gasteiger partial charge in [-0.05, 0) is 45.2 Å². The van der Waals surface area contributed by atoms with E-state index in [2.05, 4.69) is 10.3 Å². The van der Waals surface area contributed by atoms with E-state index >= 15 is 0 Å². The molecule has 0 amide bonds. The lowest BCUT2D eigenvalue weighted by molar-refractivity contribution is -0.144. The number of aromatic nitrogens is 3. The van der Waals surface area contributed by atoms with Gasteiger partial charge in [0.15, 0.2) is 11.5 Å². The third-order valence-corrected chi connectivity index (χ3v) is 5.00. The Labute approximate surface area is 197 Å². The van der Waals surface area contributed by atoms with E-state index in [0.29, 0.717) is 19.0 Å². The number of alkyl halides is 3. The van der Waals surface area contributed by atoms with Crippen molar-refractivity contribution in [1.82, 2.24) is 14.9 Å². The Bertz CT molecular complexity index is 1300. The van der Waals surface area contributed by atoms with E-state index in [-0.39, 0.29) is 9.70 Å². The van der Waals surface area contributed by atoms with Gasteiger partial charge in [0.2, 0.25) is 0 Å². The first kappa shape index (κ1) is 18.9. The van der Waals surface area contributed by atoms with Crippen LogP contribution in [0.3, 0.4) is 0 Å². The Morgan fingerprint density at radius 2 is 2.06 bits per heavy atom. The van der Waals surface area contributed by atoms with Crippen LogP contribution in [0.1, 0.15) is 49.9 Å². The van der Waals surface area contributed by atoms with Crippen molar-refractivity contribution in [2.45, 2.75) is 64.0 Å². The lowest BCUT2D eigenvalue weighted by Crippen LogP contribution is -2.24. The summed E-state index contributed by atoms with van der Waals surface area (Å²) in [5.74, 6) is -1.71. The second-order valence-electron chi connectivity index (χ2n) is 8.21. The molecule has 4 rings (SSSR count). The summed E-state index contributed by atoms with van der Waals surface area (Å²) in [6.07, 6.45) is -4.81. The molecule has 0 radical (unpaired) electrons. The molecule has 0 aliphatic heterocycles. The molecule has 0 spiro atoms. The van der Waals surface area contributed by atoms with E-state index in [1.54, 1.807) is 0 Å². The van der Waals surface area contributed by atoms with E-state index < -0.39 is 77.0 Å². The lowest BCUT2D eigenvalue weighted by atomic mass is 10.0. The second-order valence-corrected chi connectivity index (χ2v) is 8.62. The standard InChI is InChI=1S/C22H22ClF4N3O3/c1-21(2,31)8-9-30-20(22(25,26)27)13(10-28-30)19-14(11-32-12-6-7-12)18(29-33-19)17-15(23)4-3-5-16(17)24/h3-5,10,12,31H,6-9,11H2,1-2H3/i9D2,11D2. The third kappa shape index (κ3) is 5.23. The number of hydrogen-bond acceptors (Lipinski definition) is 5. The predicted molar refractivity (Wildman–Crippen MR) is 112 cm³/mol. The first-order chi connectivity index (χ1) is 16.9. The zero-order valence-electron chi connectivity index (χ0n) is 21.5. The summed E-state index contributed by atoms with van der Waals surface area (Å²) in [6.45, 7) is -3.16. The summed E-state index contributed by atoms with van der Waals surface area (Å²) < 4.78 is 102. The molecule has 0 unspecified atom stereocenters. The van der Waals surface area contributed by atoms with Gasteiger partial charge in [-0.1, -0.05) is 22.8 Å². The van der Waals surface area contributed by atoms with Crippen LogP contribution in [0.2, 0.25) is 5.02 Å². The molecule has 1 fully saturated rings. The van der Waals surface area contributed by atoms with Crippen molar-refractivity contribution in [3.05, 3.63) is 46.5 Å². The van der Waals surface area contributed by atoms with Gasteiger partial charge in [-0.2, -0.15) is 18.3 Å². The average Bonchev–Trinajstić information content (AvgIpc) is 3.21. The van der Waals surface area contributed by atoms with E-state index in [9.17, 15) is 22.7 Å². The van der Waals surface area contributed by atoms with Crippen molar-refractivity contribution in [3.63, 3.8) is 0 Å². The average molecular weight is 492 g/mol. The van der Waals surface area contributed by atoms with Crippen LogP contribution >= 0.6 is 11.6 Å². The van der Waals surface area contributed by atoms with Crippen molar-refractivity contribution in [1.29, 1.82) is 0 Å². The quantitative estimate of drug-likeness (QED) is 0.400. The summed E-state index contributed by atoms with van der Waals surface area (Å²) in [5.41, 5.74) is -5.73. The zero-order valence-corrected chi connectivity index (χ0v) is 18.3. The first-order valence-electron chi connectivity index (χ1n) is 11.9. The second kappa shape index (κ2) is 8.73. The molecule has 2 aromatic heterocycles. The Morgan fingerprint density at radius 3 is 2.67 bits per heavy atom. The largest absolute Gasteiger partial charge is 0.433 e. The smallest absolute Gasteiger partial charge is 0.390 e. The molecule has 2 heterocycles. The molecule has 33 heavy (non-hydrogen) atoms. The number of nitrogens with zero attached hydrogens (tertiary/aromatic N) is 3. The maximum absolute atomic E-state index is 14.8. The summed E-state index contributed by atoms with van der Waals surface area (Å²) in [4.78, 5) is 0. The van der Waals surface area contributed by atoms with Gasteiger partial charge in [-0.25, -0.2) is 4.39 Å². The Morgan fingerprint density at radius 1 is 1.33 bits per heavy atom. The van der Waals surface area contributed by atoms with Gasteiger partial charge in [0, 0.05) is 6.50 Å². The van der Waals surface area contributed by atoms with Crippen molar-refractivity contribution in [2.24, 2.45) is 0 Å². The maximum Gasteiger partial charge on any atom is 0.433 e. The molecule has 1 N–H and O–H groups in total. The Balaban J connectivity index is 1.99. The van der Waals surface area contributed by atoms with Crippen LogP contribution in [0.5, 0.6) is 0 Å². The summed E-state index contributed by atoms with van der Waals surface area (Å²) in [7, 11) is 0. The molecule has 0 saturated heterocycles. The van der Waals surface area contributed by atoms with Gasteiger partial charge in [0.25, 0.3) is 0 Å². The van der Waals surface area contributed by atoms with Crippen LogP contribution in [0.4, 0.5) is 17.6 Å². The van der Waals surface area contributed by atoms with Gasteiger partial charge < -0.3 is 14.4 Å². The highest BCUT2D eigenvalue weighted by Crippen LogP contribution is 2.43. The van der Waals surface area contributed by atoms with Crippen LogP contribution in [-0.2, 0) is 24.0 Å². The molecular formula is C22H22ClF4N3O3. The molecule has 1 aromatic carbocycles. The van der Waals surface area contributed by atoms with Gasteiger partial charge in [-0.3, -0.25) is 4.68 Å². The SMILES string of the molecule is [2H]C([2H])(OC1CC1)c1c(-c2c(F)cccc2Cl)noc1-c1cnn(C([2H])([2H])CC(C)(C)O)c1C(F)(F)F. The van der Waals surface area contributed by atoms with Crippen molar-refractivity contribution in [3.8, 4) is 22.6 Å². The number of halogens is 5. The molecule has 1 aliphatic rings. The minimum atomic E-state index is -5.21. The number of aryl methyl sites for hydroxylation is 1. The van der Waals surface area contributed by atoms with Gasteiger partial charge in [-0.15, -0.1) is 0 Å². The maximum atomic E-state index is 14.8. The molecule has 0 atom stereocenters. The zero-order chi connectivity index (χ0) is 27.6. The predicted octanol–water partition coefficient (Wildman–Crippen LogP) is 5.86. The molecule has 3 aromatic rings. The van der Waals surface area contributed by atoms with Crippen molar-refractivity contribution >= 4 is 11.6 Å². The molecule has 6 nitrogen and oxygen atoms in total. The van der Waals surface area contributed by atoms with Crippen LogP contribution in [-0.4, -0.2) is 31.7 Å². The number of ether oxygens (including phenoxy) is 1. The topological polar surface area (TPSA) is 73.3 Å². The van der Waals surface area contributed by atoms with Crippen molar-refractivity contribution in [2.75, 3.05) is 0 Å².